The molecule has 0 heterocycles. The van der Waals surface area contributed by atoms with Gasteiger partial charge in [-0.3, -0.25) is 0 Å². The van der Waals surface area contributed by atoms with E-state index < -0.39 is 15.7 Å². The molecule has 0 saturated heterocycles. The van der Waals surface area contributed by atoms with Crippen LogP contribution in [0.5, 0.6) is 5.75 Å². The zero-order valence-corrected chi connectivity index (χ0v) is 11.4. The van der Waals surface area contributed by atoms with Crippen LogP contribution in [0.15, 0.2) is 18.2 Å². The van der Waals surface area contributed by atoms with Crippen molar-refractivity contribution in [3.63, 3.8) is 0 Å². The lowest BCUT2D eigenvalue weighted by atomic mass is 10.3. The molecular formula is C12H18FNO3S. The highest BCUT2D eigenvalue weighted by Gasteiger charge is 2.07. The van der Waals surface area contributed by atoms with E-state index in [4.69, 9.17) is 4.74 Å². The number of methoxy groups -OCH3 is 1. The minimum atomic E-state index is -2.93. The molecule has 0 aromatic heterocycles. The van der Waals surface area contributed by atoms with Gasteiger partial charge in [0, 0.05) is 24.1 Å². The SMILES string of the molecule is CCS(=O)(=O)CCCNc1ccc(OC)c(F)c1. The van der Waals surface area contributed by atoms with Crippen molar-refractivity contribution in [1.82, 2.24) is 0 Å². The van der Waals surface area contributed by atoms with Crippen LogP contribution in [0.3, 0.4) is 0 Å². The molecule has 0 aliphatic carbocycles. The Labute approximate surface area is 107 Å². The number of hydrogen-bond donors (Lipinski definition) is 1. The number of halogens is 1. The summed E-state index contributed by atoms with van der Waals surface area (Å²) in [5, 5.41) is 2.97. The van der Waals surface area contributed by atoms with E-state index in [-0.39, 0.29) is 17.3 Å². The van der Waals surface area contributed by atoms with Crippen molar-refractivity contribution in [2.75, 3.05) is 30.5 Å². The summed E-state index contributed by atoms with van der Waals surface area (Å²) in [6.45, 7) is 2.12. The van der Waals surface area contributed by atoms with Crippen molar-refractivity contribution >= 4 is 15.5 Å². The second-order valence-electron chi connectivity index (χ2n) is 3.87. The zero-order valence-electron chi connectivity index (χ0n) is 10.6. The predicted octanol–water partition coefficient (Wildman–Crippen LogP) is 2.07. The van der Waals surface area contributed by atoms with Gasteiger partial charge in [-0.05, 0) is 18.6 Å². The van der Waals surface area contributed by atoms with Crippen LogP contribution in [-0.2, 0) is 9.84 Å². The van der Waals surface area contributed by atoms with Crippen molar-refractivity contribution in [3.05, 3.63) is 24.0 Å². The molecule has 102 valence electrons. The molecule has 4 nitrogen and oxygen atoms in total. The molecule has 1 aromatic rings. The van der Waals surface area contributed by atoms with Crippen molar-refractivity contribution in [1.29, 1.82) is 0 Å². The fraction of sp³-hybridized carbons (Fsp3) is 0.500. The Kier molecular flexibility index (Phi) is 5.40. The van der Waals surface area contributed by atoms with E-state index in [1.54, 1.807) is 13.0 Å². The van der Waals surface area contributed by atoms with Crippen LogP contribution in [0.4, 0.5) is 10.1 Å². The highest BCUT2D eigenvalue weighted by atomic mass is 32.2. The number of nitrogens with one attached hydrogen (secondary N) is 1. The molecule has 0 spiro atoms. The molecule has 0 saturated carbocycles. The summed E-state index contributed by atoms with van der Waals surface area (Å²) in [5.74, 6) is 0.0528. The molecule has 1 rings (SSSR count). The standard InChI is InChI=1S/C12H18FNO3S/c1-3-18(15,16)8-4-7-14-10-5-6-12(17-2)11(13)9-10/h5-6,9,14H,3-4,7-8H2,1-2H3. The number of ether oxygens (including phenoxy) is 1. The van der Waals surface area contributed by atoms with Crippen LogP contribution in [0.25, 0.3) is 0 Å². The third-order valence-corrected chi connectivity index (χ3v) is 4.34. The molecule has 0 amide bonds. The van der Waals surface area contributed by atoms with Gasteiger partial charge in [0.25, 0.3) is 0 Å². The number of sulfone groups is 1. The van der Waals surface area contributed by atoms with Gasteiger partial charge in [-0.2, -0.15) is 0 Å². The van der Waals surface area contributed by atoms with E-state index in [0.717, 1.165) is 0 Å². The fourth-order valence-corrected chi connectivity index (χ4v) is 2.32. The van der Waals surface area contributed by atoms with Crippen molar-refractivity contribution < 1.29 is 17.5 Å². The molecule has 0 fully saturated rings. The van der Waals surface area contributed by atoms with E-state index in [1.165, 1.54) is 19.2 Å². The minimum absolute atomic E-state index is 0.148. The van der Waals surface area contributed by atoms with Gasteiger partial charge in [-0.25, -0.2) is 12.8 Å². The summed E-state index contributed by atoms with van der Waals surface area (Å²) in [6, 6.07) is 4.55. The van der Waals surface area contributed by atoms with Gasteiger partial charge >= 0.3 is 0 Å². The maximum Gasteiger partial charge on any atom is 0.167 e. The topological polar surface area (TPSA) is 55.4 Å². The summed E-state index contributed by atoms with van der Waals surface area (Å²) in [5.41, 5.74) is 0.613. The van der Waals surface area contributed by atoms with Crippen LogP contribution in [-0.4, -0.2) is 33.6 Å². The Balaban J connectivity index is 2.43. The third-order valence-electron chi connectivity index (χ3n) is 2.55. The second-order valence-corrected chi connectivity index (χ2v) is 6.34. The first kappa shape index (κ1) is 14.8. The van der Waals surface area contributed by atoms with Crippen LogP contribution < -0.4 is 10.1 Å². The summed E-state index contributed by atoms with van der Waals surface area (Å²) >= 11 is 0. The summed E-state index contributed by atoms with van der Waals surface area (Å²) in [7, 11) is -1.52. The fourth-order valence-electron chi connectivity index (χ4n) is 1.45. The van der Waals surface area contributed by atoms with Gasteiger partial charge in [0.2, 0.25) is 0 Å². The Hall–Kier alpha value is -1.30. The molecular weight excluding hydrogens is 257 g/mol. The van der Waals surface area contributed by atoms with Gasteiger partial charge in [0.05, 0.1) is 12.9 Å². The van der Waals surface area contributed by atoms with E-state index >= 15 is 0 Å². The monoisotopic (exact) mass is 275 g/mol. The molecule has 0 aliphatic heterocycles. The largest absolute Gasteiger partial charge is 0.494 e. The average Bonchev–Trinajstić information content (AvgIpc) is 2.35. The quantitative estimate of drug-likeness (QED) is 0.774. The van der Waals surface area contributed by atoms with E-state index in [2.05, 4.69) is 5.32 Å². The highest BCUT2D eigenvalue weighted by molar-refractivity contribution is 7.91. The lowest BCUT2D eigenvalue weighted by Crippen LogP contribution is -2.13. The molecule has 0 atom stereocenters. The number of rotatable bonds is 7. The molecule has 6 heteroatoms. The molecule has 0 bridgehead atoms. The maximum absolute atomic E-state index is 13.3. The minimum Gasteiger partial charge on any atom is -0.494 e. The number of benzene rings is 1. The van der Waals surface area contributed by atoms with E-state index in [1.807, 2.05) is 0 Å². The van der Waals surface area contributed by atoms with Gasteiger partial charge in [0.1, 0.15) is 9.84 Å². The van der Waals surface area contributed by atoms with Crippen LogP contribution in [0, 0.1) is 5.82 Å². The summed E-state index contributed by atoms with van der Waals surface area (Å²) < 4.78 is 40.6. The van der Waals surface area contributed by atoms with Crippen LogP contribution in [0.1, 0.15) is 13.3 Å². The number of hydrogen-bond acceptors (Lipinski definition) is 4. The van der Waals surface area contributed by atoms with Gasteiger partial charge < -0.3 is 10.1 Å². The average molecular weight is 275 g/mol. The van der Waals surface area contributed by atoms with Gasteiger partial charge in [-0.1, -0.05) is 6.92 Å². The second kappa shape index (κ2) is 6.58. The molecule has 0 aliphatic rings. The van der Waals surface area contributed by atoms with Crippen molar-refractivity contribution in [2.24, 2.45) is 0 Å². The molecule has 0 radical (unpaired) electrons. The molecule has 18 heavy (non-hydrogen) atoms. The first-order chi connectivity index (χ1) is 8.48. The van der Waals surface area contributed by atoms with E-state index in [9.17, 15) is 12.8 Å². The first-order valence-electron chi connectivity index (χ1n) is 5.76. The van der Waals surface area contributed by atoms with Crippen LogP contribution in [0.2, 0.25) is 0 Å². The van der Waals surface area contributed by atoms with Crippen molar-refractivity contribution in [2.45, 2.75) is 13.3 Å². The zero-order chi connectivity index (χ0) is 13.6. The summed E-state index contributed by atoms with van der Waals surface area (Å²) in [6.07, 6.45) is 0.504. The first-order valence-corrected chi connectivity index (χ1v) is 7.58. The Morgan fingerprint density at radius 1 is 1.39 bits per heavy atom. The Morgan fingerprint density at radius 3 is 2.67 bits per heavy atom. The highest BCUT2D eigenvalue weighted by Crippen LogP contribution is 2.20. The molecule has 1 N–H and O–H groups in total. The Morgan fingerprint density at radius 2 is 2.11 bits per heavy atom. The lowest BCUT2D eigenvalue weighted by Gasteiger charge is -2.08. The predicted molar refractivity (Wildman–Crippen MR) is 70.4 cm³/mol. The number of anilines is 1. The van der Waals surface area contributed by atoms with Gasteiger partial charge in [0.15, 0.2) is 11.6 Å². The third kappa shape index (κ3) is 4.52. The smallest absolute Gasteiger partial charge is 0.167 e. The van der Waals surface area contributed by atoms with Crippen molar-refractivity contribution in [3.8, 4) is 5.75 Å². The van der Waals surface area contributed by atoms with E-state index in [0.29, 0.717) is 18.7 Å². The Bertz CT molecular complexity index is 488. The molecule has 1 aromatic carbocycles. The lowest BCUT2D eigenvalue weighted by molar-refractivity contribution is 0.386. The normalized spacial score (nSPS) is 11.3. The van der Waals surface area contributed by atoms with Gasteiger partial charge in [-0.15, -0.1) is 0 Å². The molecule has 0 unspecified atom stereocenters. The summed E-state index contributed by atoms with van der Waals surface area (Å²) in [4.78, 5) is 0. The maximum atomic E-state index is 13.3. The van der Waals surface area contributed by atoms with Crippen LogP contribution >= 0.6 is 0 Å².